The fraction of sp³-hybridized carbons (Fsp3) is 0.286. The number of nitrogens with zero attached hydrogens (tertiary/aromatic N) is 4. The van der Waals surface area contributed by atoms with E-state index in [1.165, 1.54) is 28.6 Å². The zero-order valence-electron chi connectivity index (χ0n) is 11.6. The van der Waals surface area contributed by atoms with Crippen LogP contribution in [0.25, 0.3) is 0 Å². The normalized spacial score (nSPS) is 15.3. The maximum atomic E-state index is 12.9. The van der Waals surface area contributed by atoms with E-state index in [4.69, 9.17) is 5.26 Å². The first-order valence-electron chi connectivity index (χ1n) is 6.67. The summed E-state index contributed by atoms with van der Waals surface area (Å²) in [6.45, 7) is 0.918. The number of nitriles is 1. The maximum absolute atomic E-state index is 12.9. The third-order valence-corrected chi connectivity index (χ3v) is 5.33. The van der Waals surface area contributed by atoms with Gasteiger partial charge in [-0.2, -0.15) is 14.7 Å². The van der Waals surface area contributed by atoms with Crippen molar-refractivity contribution in [3.63, 3.8) is 0 Å². The molecule has 0 unspecified atom stereocenters. The lowest BCUT2D eigenvalue weighted by atomic mass is 10.2. The number of aromatic nitrogens is 2. The lowest BCUT2D eigenvalue weighted by Crippen LogP contribution is -2.39. The van der Waals surface area contributed by atoms with Gasteiger partial charge in [-0.3, -0.25) is 4.68 Å². The topological polar surface area (TPSA) is 79.0 Å². The zero-order valence-corrected chi connectivity index (χ0v) is 12.4. The highest BCUT2D eigenvalue weighted by atomic mass is 32.2. The summed E-state index contributed by atoms with van der Waals surface area (Å²) in [7, 11) is -3.50. The van der Waals surface area contributed by atoms with E-state index in [1.54, 1.807) is 10.7 Å². The largest absolute Gasteiger partial charge is 0.266 e. The molecule has 1 aromatic heterocycles. The third kappa shape index (κ3) is 2.86. The first-order chi connectivity index (χ1) is 10.5. The zero-order chi connectivity index (χ0) is 15.7. The standard InChI is InChI=1S/C14H13FN4O2S/c15-12-3-1-11(2-4-12)10-22(20,21)18-5-6-19-14(9-18)7-13(8-16)17-19/h1-4,7H,5-6,9-10H2. The number of hydrogen-bond acceptors (Lipinski definition) is 4. The van der Waals surface area contributed by atoms with Gasteiger partial charge in [0.1, 0.15) is 11.9 Å². The van der Waals surface area contributed by atoms with Crippen LogP contribution in [0.4, 0.5) is 4.39 Å². The van der Waals surface area contributed by atoms with Crippen LogP contribution in [-0.2, 0) is 28.9 Å². The Morgan fingerprint density at radius 1 is 1.27 bits per heavy atom. The molecule has 1 aliphatic rings. The SMILES string of the molecule is N#Cc1cc2n(n1)CCN(S(=O)(=O)Cc1ccc(F)cc1)C2. The molecular weight excluding hydrogens is 307 g/mol. The average Bonchev–Trinajstić information content (AvgIpc) is 2.91. The van der Waals surface area contributed by atoms with Crippen LogP contribution in [0.2, 0.25) is 0 Å². The summed E-state index contributed by atoms with van der Waals surface area (Å²) in [5.74, 6) is -0.570. The van der Waals surface area contributed by atoms with E-state index < -0.39 is 15.8 Å². The van der Waals surface area contributed by atoms with Crippen molar-refractivity contribution in [2.45, 2.75) is 18.8 Å². The van der Waals surface area contributed by atoms with Crippen LogP contribution in [0, 0.1) is 17.1 Å². The Labute approximate surface area is 127 Å². The summed E-state index contributed by atoms with van der Waals surface area (Å²) in [6, 6.07) is 8.97. The van der Waals surface area contributed by atoms with Crippen molar-refractivity contribution in [1.29, 1.82) is 5.26 Å². The van der Waals surface area contributed by atoms with Crippen molar-refractivity contribution in [2.24, 2.45) is 0 Å². The van der Waals surface area contributed by atoms with Crippen LogP contribution >= 0.6 is 0 Å². The fourth-order valence-electron chi connectivity index (χ4n) is 2.42. The van der Waals surface area contributed by atoms with Gasteiger partial charge in [0.2, 0.25) is 10.0 Å². The van der Waals surface area contributed by atoms with Crippen molar-refractivity contribution in [2.75, 3.05) is 6.54 Å². The Kier molecular flexibility index (Phi) is 3.68. The Bertz CT molecular complexity index is 837. The molecular formula is C14H13FN4O2S. The van der Waals surface area contributed by atoms with Crippen molar-refractivity contribution in [1.82, 2.24) is 14.1 Å². The number of benzene rings is 1. The molecule has 2 aromatic rings. The minimum Gasteiger partial charge on any atom is -0.266 e. The van der Waals surface area contributed by atoms with Crippen LogP contribution < -0.4 is 0 Å². The summed E-state index contributed by atoms with van der Waals surface area (Å²) < 4.78 is 40.8. The Balaban J connectivity index is 1.79. The van der Waals surface area contributed by atoms with E-state index in [2.05, 4.69) is 5.10 Å². The molecule has 0 fully saturated rings. The molecule has 114 valence electrons. The van der Waals surface area contributed by atoms with Gasteiger partial charge in [0.15, 0.2) is 5.69 Å². The van der Waals surface area contributed by atoms with Gasteiger partial charge in [0.05, 0.1) is 24.5 Å². The van der Waals surface area contributed by atoms with Gasteiger partial charge in [0, 0.05) is 6.54 Å². The van der Waals surface area contributed by atoms with Gasteiger partial charge in [-0.25, -0.2) is 12.8 Å². The Morgan fingerprint density at radius 2 is 2.00 bits per heavy atom. The predicted octanol–water partition coefficient (Wildman–Crippen LogP) is 1.24. The van der Waals surface area contributed by atoms with Gasteiger partial charge in [-0.05, 0) is 23.8 Å². The molecule has 0 bridgehead atoms. The highest BCUT2D eigenvalue weighted by Gasteiger charge is 2.28. The highest BCUT2D eigenvalue weighted by Crippen LogP contribution is 2.19. The average molecular weight is 320 g/mol. The van der Waals surface area contributed by atoms with Crippen LogP contribution in [-0.4, -0.2) is 29.0 Å². The molecule has 1 aliphatic heterocycles. The molecule has 0 saturated carbocycles. The molecule has 6 nitrogen and oxygen atoms in total. The minimum atomic E-state index is -3.50. The summed E-state index contributed by atoms with van der Waals surface area (Å²) in [5, 5.41) is 12.9. The van der Waals surface area contributed by atoms with Gasteiger partial charge < -0.3 is 0 Å². The monoisotopic (exact) mass is 320 g/mol. The van der Waals surface area contributed by atoms with Crippen molar-refractivity contribution in [3.8, 4) is 6.07 Å². The van der Waals surface area contributed by atoms with E-state index in [0.717, 1.165) is 0 Å². The lowest BCUT2D eigenvalue weighted by Gasteiger charge is -2.26. The summed E-state index contributed by atoms with van der Waals surface area (Å²) in [6.07, 6.45) is 0. The molecule has 0 saturated heterocycles. The number of rotatable bonds is 3. The molecule has 1 aromatic carbocycles. The number of halogens is 1. The quantitative estimate of drug-likeness (QED) is 0.852. The van der Waals surface area contributed by atoms with Crippen molar-refractivity contribution >= 4 is 10.0 Å². The van der Waals surface area contributed by atoms with Crippen molar-refractivity contribution in [3.05, 3.63) is 53.1 Å². The number of fused-ring (bicyclic) bond motifs is 1. The summed E-state index contributed by atoms with van der Waals surface area (Å²) in [5.41, 5.74) is 1.52. The second-order valence-corrected chi connectivity index (χ2v) is 7.04. The van der Waals surface area contributed by atoms with Gasteiger partial charge >= 0.3 is 0 Å². The highest BCUT2D eigenvalue weighted by molar-refractivity contribution is 7.88. The Morgan fingerprint density at radius 3 is 2.68 bits per heavy atom. The van der Waals surface area contributed by atoms with Gasteiger partial charge in [-0.1, -0.05) is 12.1 Å². The lowest BCUT2D eigenvalue weighted by molar-refractivity contribution is 0.326. The van der Waals surface area contributed by atoms with Crippen LogP contribution in [0.1, 0.15) is 17.0 Å². The first kappa shape index (κ1) is 14.7. The molecule has 0 amide bonds. The van der Waals surface area contributed by atoms with Crippen LogP contribution in [0.15, 0.2) is 30.3 Å². The summed E-state index contributed by atoms with van der Waals surface area (Å²) in [4.78, 5) is 0. The molecule has 0 N–H and O–H groups in total. The number of hydrogen-bond donors (Lipinski definition) is 0. The fourth-order valence-corrected chi connectivity index (χ4v) is 3.90. The van der Waals surface area contributed by atoms with E-state index in [-0.39, 0.29) is 18.0 Å². The minimum absolute atomic E-state index is 0.174. The van der Waals surface area contributed by atoms with Gasteiger partial charge in [-0.15, -0.1) is 0 Å². The van der Waals surface area contributed by atoms with Crippen LogP contribution in [0.5, 0.6) is 0 Å². The van der Waals surface area contributed by atoms with E-state index in [1.807, 2.05) is 6.07 Å². The molecule has 2 heterocycles. The van der Waals surface area contributed by atoms with Crippen LogP contribution in [0.3, 0.4) is 0 Å². The van der Waals surface area contributed by atoms with E-state index in [9.17, 15) is 12.8 Å². The van der Waals surface area contributed by atoms with Crippen molar-refractivity contribution < 1.29 is 12.8 Å². The predicted molar refractivity (Wildman–Crippen MR) is 76.4 cm³/mol. The van der Waals surface area contributed by atoms with E-state index >= 15 is 0 Å². The van der Waals surface area contributed by atoms with E-state index in [0.29, 0.717) is 24.3 Å². The first-order valence-corrected chi connectivity index (χ1v) is 8.28. The molecule has 8 heteroatoms. The molecule has 3 rings (SSSR count). The Hall–Kier alpha value is -2.24. The number of sulfonamides is 1. The van der Waals surface area contributed by atoms with Gasteiger partial charge in [0.25, 0.3) is 0 Å². The molecule has 0 aliphatic carbocycles. The molecule has 0 atom stereocenters. The second-order valence-electron chi connectivity index (χ2n) is 5.07. The summed E-state index contributed by atoms with van der Waals surface area (Å²) >= 11 is 0. The smallest absolute Gasteiger partial charge is 0.218 e. The second kappa shape index (κ2) is 5.51. The molecule has 0 radical (unpaired) electrons. The maximum Gasteiger partial charge on any atom is 0.218 e. The third-order valence-electron chi connectivity index (χ3n) is 3.53. The molecule has 0 spiro atoms. The molecule has 22 heavy (non-hydrogen) atoms.